The molecule has 1 aromatic carbocycles. The second-order valence-electron chi connectivity index (χ2n) is 5.33. The second-order valence-corrected chi connectivity index (χ2v) is 6.17. The van der Waals surface area contributed by atoms with Crippen LogP contribution in [-0.4, -0.2) is 28.5 Å². The fraction of sp³-hybridized carbons (Fsp3) is 0.312. The lowest BCUT2D eigenvalue weighted by molar-refractivity contribution is 0.0949. The van der Waals surface area contributed by atoms with Crippen molar-refractivity contribution in [2.75, 3.05) is 11.9 Å². The van der Waals surface area contributed by atoms with Crippen LogP contribution < -0.4 is 10.6 Å². The summed E-state index contributed by atoms with van der Waals surface area (Å²) in [5.41, 5.74) is 1.26. The van der Waals surface area contributed by atoms with E-state index in [1.165, 1.54) is 6.33 Å². The Morgan fingerprint density at radius 3 is 2.70 bits per heavy atom. The summed E-state index contributed by atoms with van der Waals surface area (Å²) in [5.74, 6) is 0.380. The summed E-state index contributed by atoms with van der Waals surface area (Å²) >= 11 is 12.0. The highest BCUT2D eigenvalue weighted by atomic mass is 35.5. The van der Waals surface area contributed by atoms with Crippen LogP contribution in [0.5, 0.6) is 0 Å². The van der Waals surface area contributed by atoms with Crippen LogP contribution in [-0.2, 0) is 6.42 Å². The van der Waals surface area contributed by atoms with Gasteiger partial charge in [-0.2, -0.15) is 0 Å². The van der Waals surface area contributed by atoms with Crippen LogP contribution in [0.2, 0.25) is 10.0 Å². The van der Waals surface area contributed by atoms with Gasteiger partial charge < -0.3 is 10.6 Å². The molecular formula is C16H18Cl2N4O. The SMILES string of the molecule is CC(C)Nc1cc(C(=O)NCCc2ccc(Cl)cc2Cl)ncn1. The Morgan fingerprint density at radius 2 is 2.00 bits per heavy atom. The number of aromatic nitrogens is 2. The summed E-state index contributed by atoms with van der Waals surface area (Å²) in [7, 11) is 0. The Morgan fingerprint density at radius 1 is 1.22 bits per heavy atom. The number of rotatable bonds is 6. The third-order valence-electron chi connectivity index (χ3n) is 3.03. The molecule has 0 saturated carbocycles. The van der Waals surface area contributed by atoms with Gasteiger partial charge in [0.2, 0.25) is 0 Å². The zero-order valence-corrected chi connectivity index (χ0v) is 14.4. The average molecular weight is 353 g/mol. The number of nitrogens with zero attached hydrogens (tertiary/aromatic N) is 2. The highest BCUT2D eigenvalue weighted by Crippen LogP contribution is 2.21. The van der Waals surface area contributed by atoms with Crippen molar-refractivity contribution in [3.8, 4) is 0 Å². The first-order valence-electron chi connectivity index (χ1n) is 7.26. The first-order chi connectivity index (χ1) is 11.0. The molecule has 0 fully saturated rings. The Bertz CT molecular complexity index is 692. The molecule has 2 aromatic rings. The number of benzene rings is 1. The Balaban J connectivity index is 1.92. The fourth-order valence-electron chi connectivity index (χ4n) is 1.98. The molecule has 0 bridgehead atoms. The van der Waals surface area contributed by atoms with Gasteiger partial charge in [-0.15, -0.1) is 0 Å². The van der Waals surface area contributed by atoms with E-state index >= 15 is 0 Å². The van der Waals surface area contributed by atoms with E-state index in [1.54, 1.807) is 18.2 Å². The molecule has 1 aromatic heterocycles. The van der Waals surface area contributed by atoms with Gasteiger partial charge >= 0.3 is 0 Å². The molecule has 2 N–H and O–H groups in total. The van der Waals surface area contributed by atoms with Crippen LogP contribution in [0.3, 0.4) is 0 Å². The summed E-state index contributed by atoms with van der Waals surface area (Å²) in [6, 6.07) is 7.18. The number of halogens is 2. The highest BCUT2D eigenvalue weighted by Gasteiger charge is 2.09. The van der Waals surface area contributed by atoms with E-state index in [9.17, 15) is 4.79 Å². The van der Waals surface area contributed by atoms with E-state index in [-0.39, 0.29) is 11.9 Å². The second kappa shape index (κ2) is 8.13. The molecule has 0 saturated heterocycles. The van der Waals surface area contributed by atoms with Gasteiger partial charge in [0, 0.05) is 28.7 Å². The molecule has 0 aliphatic carbocycles. The van der Waals surface area contributed by atoms with Crippen molar-refractivity contribution in [1.29, 1.82) is 0 Å². The molecule has 0 atom stereocenters. The molecule has 0 aliphatic heterocycles. The lowest BCUT2D eigenvalue weighted by atomic mass is 10.1. The van der Waals surface area contributed by atoms with E-state index in [1.807, 2.05) is 19.9 Å². The zero-order chi connectivity index (χ0) is 16.8. The van der Waals surface area contributed by atoms with Gasteiger partial charge in [0.1, 0.15) is 17.8 Å². The van der Waals surface area contributed by atoms with Gasteiger partial charge in [-0.1, -0.05) is 29.3 Å². The zero-order valence-electron chi connectivity index (χ0n) is 12.9. The molecule has 1 heterocycles. The molecule has 5 nitrogen and oxygen atoms in total. The topological polar surface area (TPSA) is 66.9 Å². The maximum Gasteiger partial charge on any atom is 0.270 e. The molecule has 0 unspecified atom stereocenters. The molecular weight excluding hydrogens is 335 g/mol. The van der Waals surface area contributed by atoms with E-state index in [0.29, 0.717) is 34.5 Å². The van der Waals surface area contributed by atoms with Gasteiger partial charge in [0.15, 0.2) is 0 Å². The monoisotopic (exact) mass is 352 g/mol. The van der Waals surface area contributed by atoms with E-state index in [4.69, 9.17) is 23.2 Å². The molecule has 122 valence electrons. The molecule has 23 heavy (non-hydrogen) atoms. The quantitative estimate of drug-likeness (QED) is 0.833. The Labute approximate surface area is 145 Å². The van der Waals surface area contributed by atoms with Crippen LogP contribution in [0, 0.1) is 0 Å². The first kappa shape index (κ1) is 17.5. The van der Waals surface area contributed by atoms with Crippen molar-refractivity contribution < 1.29 is 4.79 Å². The third-order valence-corrected chi connectivity index (χ3v) is 3.62. The lowest BCUT2D eigenvalue weighted by Gasteiger charge is -2.10. The number of anilines is 1. The van der Waals surface area contributed by atoms with Crippen molar-refractivity contribution >= 4 is 34.9 Å². The lowest BCUT2D eigenvalue weighted by Crippen LogP contribution is -2.27. The largest absolute Gasteiger partial charge is 0.368 e. The van der Waals surface area contributed by atoms with Gasteiger partial charge in [-0.05, 0) is 38.0 Å². The van der Waals surface area contributed by atoms with E-state index in [0.717, 1.165) is 5.56 Å². The minimum Gasteiger partial charge on any atom is -0.368 e. The number of amides is 1. The fourth-order valence-corrected chi connectivity index (χ4v) is 2.48. The van der Waals surface area contributed by atoms with Crippen molar-refractivity contribution in [3.63, 3.8) is 0 Å². The van der Waals surface area contributed by atoms with Crippen LogP contribution in [0.4, 0.5) is 5.82 Å². The highest BCUT2D eigenvalue weighted by molar-refractivity contribution is 6.35. The van der Waals surface area contributed by atoms with Gasteiger partial charge in [-0.3, -0.25) is 4.79 Å². The number of carbonyl (C=O) groups is 1. The summed E-state index contributed by atoms with van der Waals surface area (Å²) in [6.45, 7) is 4.45. The summed E-state index contributed by atoms with van der Waals surface area (Å²) < 4.78 is 0. The maximum atomic E-state index is 12.1. The number of carbonyl (C=O) groups excluding carboxylic acids is 1. The summed E-state index contributed by atoms with van der Waals surface area (Å²) in [4.78, 5) is 20.2. The van der Waals surface area contributed by atoms with E-state index < -0.39 is 0 Å². The van der Waals surface area contributed by atoms with Crippen LogP contribution in [0.1, 0.15) is 29.9 Å². The first-order valence-corrected chi connectivity index (χ1v) is 8.02. The van der Waals surface area contributed by atoms with Gasteiger partial charge in [0.25, 0.3) is 5.91 Å². The van der Waals surface area contributed by atoms with Crippen LogP contribution in [0.25, 0.3) is 0 Å². The number of hydrogen-bond donors (Lipinski definition) is 2. The van der Waals surface area contributed by atoms with Crippen LogP contribution in [0.15, 0.2) is 30.6 Å². The molecule has 0 radical (unpaired) electrons. The van der Waals surface area contributed by atoms with Crippen molar-refractivity contribution in [1.82, 2.24) is 15.3 Å². The number of hydrogen-bond acceptors (Lipinski definition) is 4. The van der Waals surface area contributed by atoms with Crippen molar-refractivity contribution in [2.24, 2.45) is 0 Å². The van der Waals surface area contributed by atoms with Crippen molar-refractivity contribution in [2.45, 2.75) is 26.3 Å². The molecule has 1 amide bonds. The van der Waals surface area contributed by atoms with Gasteiger partial charge in [0.05, 0.1) is 0 Å². The smallest absolute Gasteiger partial charge is 0.270 e. The molecule has 7 heteroatoms. The molecule has 0 spiro atoms. The summed E-state index contributed by atoms with van der Waals surface area (Å²) in [6.07, 6.45) is 1.99. The standard InChI is InChI=1S/C16H18Cl2N4O/c1-10(2)22-15-8-14(20-9-21-15)16(23)19-6-5-11-3-4-12(17)7-13(11)18/h3-4,7-10H,5-6H2,1-2H3,(H,19,23)(H,20,21,22). The van der Waals surface area contributed by atoms with Crippen LogP contribution >= 0.6 is 23.2 Å². The Kier molecular flexibility index (Phi) is 6.19. The minimum atomic E-state index is -0.246. The molecule has 0 aliphatic rings. The Hall–Kier alpha value is -1.85. The van der Waals surface area contributed by atoms with E-state index in [2.05, 4.69) is 20.6 Å². The van der Waals surface area contributed by atoms with Gasteiger partial charge in [-0.25, -0.2) is 9.97 Å². The predicted molar refractivity (Wildman–Crippen MR) is 93.3 cm³/mol. The normalized spacial score (nSPS) is 10.7. The predicted octanol–water partition coefficient (Wildman–Crippen LogP) is 3.58. The third kappa shape index (κ3) is 5.37. The molecule has 2 rings (SSSR count). The maximum absolute atomic E-state index is 12.1. The number of nitrogens with one attached hydrogen (secondary N) is 2. The minimum absolute atomic E-state index is 0.229. The summed E-state index contributed by atoms with van der Waals surface area (Å²) in [5, 5.41) is 7.14. The average Bonchev–Trinajstić information content (AvgIpc) is 2.49. The van der Waals surface area contributed by atoms with Crippen molar-refractivity contribution in [3.05, 3.63) is 51.9 Å².